The number of hydrogen-bond acceptors (Lipinski definition) is 0. The molecule has 8 unspecified atom stereocenters. The van der Waals surface area contributed by atoms with Gasteiger partial charge >= 0.3 is 0 Å². The summed E-state index contributed by atoms with van der Waals surface area (Å²) >= 11 is 0. The predicted molar refractivity (Wildman–Crippen MR) is 175 cm³/mol. The molecule has 232 valence electrons. The van der Waals surface area contributed by atoms with Crippen LogP contribution in [0.2, 0.25) is 0 Å². The smallest absolute Gasteiger partial charge is 0.0354 e. The highest BCUT2D eigenvalue weighted by Gasteiger charge is 2.51. The van der Waals surface area contributed by atoms with Gasteiger partial charge < -0.3 is 0 Å². The molecule has 6 aliphatic rings. The van der Waals surface area contributed by atoms with Crippen LogP contribution in [-0.2, 0) is 0 Å². The molecule has 0 heteroatoms. The van der Waals surface area contributed by atoms with Gasteiger partial charge in [0.1, 0.15) is 0 Å². The van der Waals surface area contributed by atoms with E-state index in [1.165, 1.54) is 51.4 Å². The molecular formula is C40H72. The number of hydrogen-bond donors (Lipinski definition) is 0. The molecule has 6 rings (SSSR count). The summed E-state index contributed by atoms with van der Waals surface area (Å²) in [5.74, 6) is 12.6. The van der Waals surface area contributed by atoms with Gasteiger partial charge in [0.2, 0.25) is 0 Å². The first-order valence-corrected chi connectivity index (χ1v) is 18.3. The molecule has 0 nitrogen and oxygen atoms in total. The van der Waals surface area contributed by atoms with Crippen LogP contribution in [0.15, 0.2) is 0 Å². The first-order chi connectivity index (χ1) is 18.3. The Morgan fingerprint density at radius 1 is 0.225 bits per heavy atom. The second-order valence-corrected chi connectivity index (χ2v) is 21.2. The van der Waals surface area contributed by atoms with Gasteiger partial charge in [-0.15, -0.1) is 0 Å². The standard InChI is InChI=1S/2C20H36/c2*1-19(2,3)17-9-13-7-15-11-18(20(4,5)6)12-16(15)8-14(13)10-17/h2*13-18H,7-12H2,1-6H3. The maximum absolute atomic E-state index is 2.46. The lowest BCUT2D eigenvalue weighted by Crippen LogP contribution is -2.25. The molecule has 6 aliphatic carbocycles. The minimum absolute atomic E-state index is 0.542. The molecule has 6 saturated carbocycles. The molecule has 8 atom stereocenters. The summed E-state index contributed by atoms with van der Waals surface area (Å²) in [4.78, 5) is 0. The lowest BCUT2D eigenvalue weighted by atomic mass is 9.71. The van der Waals surface area contributed by atoms with Crippen molar-refractivity contribution in [1.82, 2.24) is 0 Å². The van der Waals surface area contributed by atoms with Crippen LogP contribution in [0.4, 0.5) is 0 Å². The third-order valence-corrected chi connectivity index (χ3v) is 14.7. The van der Waals surface area contributed by atoms with E-state index >= 15 is 0 Å². The SMILES string of the molecule is CC(C)(C)C1CC2CC3CC(C(C)(C)C)CC3CC2C1.CC(C)(C)C1CC2CC3CC(C(C)(C)C)CC3CC2C1. The van der Waals surface area contributed by atoms with Gasteiger partial charge in [0.15, 0.2) is 0 Å². The molecule has 0 aromatic carbocycles. The van der Waals surface area contributed by atoms with Crippen molar-refractivity contribution in [2.24, 2.45) is 92.7 Å². The Hall–Kier alpha value is 0. The van der Waals surface area contributed by atoms with Crippen molar-refractivity contribution in [3.8, 4) is 0 Å². The fraction of sp³-hybridized carbons (Fsp3) is 1.00. The topological polar surface area (TPSA) is 0 Å². The molecule has 0 heterocycles. The molecule has 0 aromatic heterocycles. The van der Waals surface area contributed by atoms with Crippen LogP contribution in [0.3, 0.4) is 0 Å². The minimum Gasteiger partial charge on any atom is -0.0599 e. The van der Waals surface area contributed by atoms with Gasteiger partial charge in [0, 0.05) is 0 Å². The van der Waals surface area contributed by atoms with E-state index in [1.54, 1.807) is 25.7 Å². The van der Waals surface area contributed by atoms with Crippen molar-refractivity contribution in [2.45, 2.75) is 160 Å². The fourth-order valence-electron chi connectivity index (χ4n) is 11.5. The average molecular weight is 553 g/mol. The zero-order valence-electron chi connectivity index (χ0n) is 29.4. The van der Waals surface area contributed by atoms with E-state index in [0.717, 1.165) is 71.0 Å². The summed E-state index contributed by atoms with van der Waals surface area (Å²) in [5, 5.41) is 0. The molecule has 0 N–H and O–H groups in total. The van der Waals surface area contributed by atoms with Crippen molar-refractivity contribution in [2.75, 3.05) is 0 Å². The zero-order chi connectivity index (χ0) is 29.4. The van der Waals surface area contributed by atoms with Crippen molar-refractivity contribution >= 4 is 0 Å². The van der Waals surface area contributed by atoms with Gasteiger partial charge in [0.05, 0.1) is 0 Å². The highest BCUT2D eigenvalue weighted by molar-refractivity contribution is 5.01. The summed E-state index contributed by atoms with van der Waals surface area (Å²) in [6.07, 6.45) is 18.6. The molecule has 6 fully saturated rings. The third kappa shape index (κ3) is 6.72. The van der Waals surface area contributed by atoms with Crippen LogP contribution in [0, 0.1) is 92.7 Å². The van der Waals surface area contributed by atoms with Gasteiger partial charge in [-0.3, -0.25) is 0 Å². The quantitative estimate of drug-likeness (QED) is 0.280. The Labute approximate surface area is 252 Å². The van der Waals surface area contributed by atoms with Crippen LogP contribution in [0.5, 0.6) is 0 Å². The first-order valence-electron chi connectivity index (χ1n) is 18.3. The summed E-state index contributed by atoms with van der Waals surface area (Å²) in [7, 11) is 0. The van der Waals surface area contributed by atoms with E-state index in [1.807, 2.05) is 0 Å². The second kappa shape index (κ2) is 10.9. The lowest BCUT2D eigenvalue weighted by molar-refractivity contribution is 0.157. The van der Waals surface area contributed by atoms with Crippen molar-refractivity contribution in [1.29, 1.82) is 0 Å². The molecule has 0 amide bonds. The van der Waals surface area contributed by atoms with E-state index in [2.05, 4.69) is 83.1 Å². The van der Waals surface area contributed by atoms with Crippen LogP contribution in [0.25, 0.3) is 0 Å². The number of rotatable bonds is 0. The molecule has 40 heavy (non-hydrogen) atoms. The third-order valence-electron chi connectivity index (χ3n) is 14.7. The molecular weight excluding hydrogens is 480 g/mol. The largest absolute Gasteiger partial charge is 0.0599 e. The fourth-order valence-corrected chi connectivity index (χ4v) is 11.5. The summed E-state index contributed by atoms with van der Waals surface area (Å²) < 4.78 is 0. The molecule has 0 saturated heterocycles. The highest BCUT2D eigenvalue weighted by Crippen LogP contribution is 2.60. The molecule has 0 aromatic rings. The zero-order valence-corrected chi connectivity index (χ0v) is 29.4. The normalized spacial score (nSPS) is 45.3. The second-order valence-electron chi connectivity index (χ2n) is 21.2. The maximum atomic E-state index is 2.46. The highest BCUT2D eigenvalue weighted by atomic mass is 14.6. The maximum Gasteiger partial charge on any atom is -0.0354 e. The molecule has 0 radical (unpaired) electrons. The Bertz CT molecular complexity index is 666. The summed E-state index contributed by atoms with van der Waals surface area (Å²) in [6, 6.07) is 0. The lowest BCUT2D eigenvalue weighted by Gasteiger charge is -2.34. The van der Waals surface area contributed by atoms with Crippen LogP contribution in [0.1, 0.15) is 160 Å². The van der Waals surface area contributed by atoms with E-state index < -0.39 is 0 Å². The Morgan fingerprint density at radius 3 is 0.450 bits per heavy atom. The molecule has 0 spiro atoms. The van der Waals surface area contributed by atoms with Crippen molar-refractivity contribution < 1.29 is 0 Å². The monoisotopic (exact) mass is 553 g/mol. The van der Waals surface area contributed by atoms with Crippen LogP contribution >= 0.6 is 0 Å². The Morgan fingerprint density at radius 2 is 0.350 bits per heavy atom. The van der Waals surface area contributed by atoms with Gasteiger partial charge in [-0.1, -0.05) is 83.1 Å². The molecule has 0 bridgehead atoms. The molecule has 0 aliphatic heterocycles. The van der Waals surface area contributed by atoms with E-state index in [0.29, 0.717) is 21.7 Å². The average Bonchev–Trinajstić information content (AvgIpc) is 3.56. The van der Waals surface area contributed by atoms with Crippen LogP contribution < -0.4 is 0 Å². The van der Waals surface area contributed by atoms with Crippen molar-refractivity contribution in [3.05, 3.63) is 0 Å². The first kappa shape index (κ1) is 31.4. The number of fused-ring (bicyclic) bond motifs is 4. The van der Waals surface area contributed by atoms with E-state index in [9.17, 15) is 0 Å². The Kier molecular flexibility index (Phi) is 8.53. The van der Waals surface area contributed by atoms with E-state index in [-0.39, 0.29) is 0 Å². The van der Waals surface area contributed by atoms with Gasteiger partial charge in [-0.25, -0.2) is 0 Å². The van der Waals surface area contributed by atoms with Gasteiger partial charge in [0.25, 0.3) is 0 Å². The van der Waals surface area contributed by atoms with E-state index in [4.69, 9.17) is 0 Å². The minimum atomic E-state index is 0.542. The van der Waals surface area contributed by atoms with Crippen LogP contribution in [-0.4, -0.2) is 0 Å². The summed E-state index contributed by atoms with van der Waals surface area (Å²) in [6.45, 7) is 29.6. The van der Waals surface area contributed by atoms with Crippen molar-refractivity contribution in [3.63, 3.8) is 0 Å². The van der Waals surface area contributed by atoms with Gasteiger partial charge in [-0.05, 0) is 170 Å². The Balaban J connectivity index is 0.000000161. The van der Waals surface area contributed by atoms with Gasteiger partial charge in [-0.2, -0.15) is 0 Å². The predicted octanol–water partition coefficient (Wildman–Crippen LogP) is 12.3. The summed E-state index contributed by atoms with van der Waals surface area (Å²) in [5.41, 5.74) is 2.17.